The maximum absolute atomic E-state index is 14.4. The van der Waals surface area contributed by atoms with Gasteiger partial charge in [0.1, 0.15) is 6.61 Å². The van der Waals surface area contributed by atoms with Crippen molar-refractivity contribution in [1.82, 2.24) is 0 Å². The molecule has 0 heterocycles. The van der Waals surface area contributed by atoms with E-state index in [9.17, 15) is 13.6 Å². The van der Waals surface area contributed by atoms with Gasteiger partial charge in [-0.3, -0.25) is 0 Å². The van der Waals surface area contributed by atoms with Crippen LogP contribution in [0, 0.1) is 29.4 Å². The van der Waals surface area contributed by atoms with Crippen LogP contribution in [0.15, 0.2) is 61.2 Å². The number of benzene rings is 2. The molecule has 4 atom stereocenters. The van der Waals surface area contributed by atoms with E-state index in [4.69, 9.17) is 9.47 Å². The van der Waals surface area contributed by atoms with Crippen LogP contribution < -0.4 is 9.47 Å². The van der Waals surface area contributed by atoms with Crippen LogP contribution in [0.3, 0.4) is 0 Å². The van der Waals surface area contributed by atoms with Crippen molar-refractivity contribution in [2.24, 2.45) is 17.8 Å². The molecule has 2 saturated carbocycles. The van der Waals surface area contributed by atoms with E-state index in [2.05, 4.69) is 12.7 Å². The van der Waals surface area contributed by atoms with Crippen molar-refractivity contribution in [2.45, 2.75) is 51.4 Å². The van der Waals surface area contributed by atoms with Crippen molar-refractivity contribution in [3.8, 4) is 11.5 Å². The van der Waals surface area contributed by atoms with Crippen molar-refractivity contribution in [2.75, 3.05) is 6.61 Å². The van der Waals surface area contributed by atoms with Crippen LogP contribution in [0.2, 0.25) is 0 Å². The molecule has 0 bridgehead atoms. The molecule has 3 nitrogen and oxygen atoms in total. The van der Waals surface area contributed by atoms with Crippen molar-refractivity contribution in [3.63, 3.8) is 0 Å². The Morgan fingerprint density at radius 1 is 0.971 bits per heavy atom. The van der Waals surface area contributed by atoms with E-state index in [-0.39, 0.29) is 12.4 Å². The summed E-state index contributed by atoms with van der Waals surface area (Å²) in [6, 6.07) is 9.81. The Morgan fingerprint density at radius 3 is 2.38 bits per heavy atom. The summed E-state index contributed by atoms with van der Waals surface area (Å²) in [5, 5.41) is 0. The molecule has 2 aliphatic carbocycles. The number of halogens is 2. The zero-order valence-electron chi connectivity index (χ0n) is 19.6. The highest BCUT2D eigenvalue weighted by Gasteiger charge is 2.35. The van der Waals surface area contributed by atoms with Gasteiger partial charge < -0.3 is 9.47 Å². The average Bonchev–Trinajstić information content (AvgIpc) is 2.87. The second-order valence-electron chi connectivity index (χ2n) is 9.42. The quantitative estimate of drug-likeness (QED) is 0.239. The van der Waals surface area contributed by atoms with Crippen LogP contribution in [-0.4, -0.2) is 12.6 Å². The number of fused-ring (bicyclic) bond motifs is 1. The molecule has 4 rings (SSSR count). The second-order valence-corrected chi connectivity index (χ2v) is 9.42. The number of rotatable bonds is 7. The summed E-state index contributed by atoms with van der Waals surface area (Å²) in [6.07, 6.45) is 12.9. The third-order valence-corrected chi connectivity index (χ3v) is 7.39. The van der Waals surface area contributed by atoms with Gasteiger partial charge in [-0.2, -0.15) is 8.78 Å². The normalized spacial score (nSPS) is 24.4. The third-order valence-electron chi connectivity index (χ3n) is 7.39. The molecule has 0 N–H and O–H groups in total. The van der Waals surface area contributed by atoms with Gasteiger partial charge in [-0.15, -0.1) is 6.58 Å². The van der Waals surface area contributed by atoms with E-state index in [1.807, 2.05) is 12.1 Å². The average molecular weight is 467 g/mol. The lowest BCUT2D eigenvalue weighted by Gasteiger charge is -2.41. The zero-order valence-corrected chi connectivity index (χ0v) is 19.6. The van der Waals surface area contributed by atoms with Gasteiger partial charge in [-0.25, -0.2) is 4.79 Å². The summed E-state index contributed by atoms with van der Waals surface area (Å²) in [4.78, 5) is 12.5. The summed E-state index contributed by atoms with van der Waals surface area (Å²) < 4.78 is 38.9. The van der Waals surface area contributed by atoms with Gasteiger partial charge in [0.2, 0.25) is 11.6 Å². The molecule has 0 aliphatic heterocycles. The number of ether oxygens (including phenoxy) is 2. The summed E-state index contributed by atoms with van der Waals surface area (Å²) in [6.45, 7) is 5.90. The van der Waals surface area contributed by atoms with Gasteiger partial charge in [0.25, 0.3) is 0 Å². The van der Waals surface area contributed by atoms with Crippen LogP contribution >= 0.6 is 0 Å². The lowest BCUT2D eigenvalue weighted by atomic mass is 9.64. The zero-order chi connectivity index (χ0) is 24.1. The van der Waals surface area contributed by atoms with Crippen molar-refractivity contribution >= 4 is 5.97 Å². The molecule has 34 heavy (non-hydrogen) atoms. The topological polar surface area (TPSA) is 35.5 Å². The molecule has 0 radical (unpaired) electrons. The van der Waals surface area contributed by atoms with E-state index in [1.54, 1.807) is 31.2 Å². The summed E-state index contributed by atoms with van der Waals surface area (Å²) in [7, 11) is 0. The minimum atomic E-state index is -1.24. The first-order chi connectivity index (χ1) is 16.5. The third kappa shape index (κ3) is 5.40. The van der Waals surface area contributed by atoms with Crippen LogP contribution in [0.1, 0.15) is 67.3 Å². The highest BCUT2D eigenvalue weighted by molar-refractivity contribution is 5.91. The number of hydrogen-bond donors (Lipinski definition) is 0. The van der Waals surface area contributed by atoms with Crippen molar-refractivity contribution < 1.29 is 23.0 Å². The summed E-state index contributed by atoms with van der Waals surface area (Å²) in [5.74, 6) is -1.10. The second kappa shape index (κ2) is 11.0. The Bertz CT molecular complexity index is 1040. The minimum Gasteiger partial charge on any atom is -0.486 e. The van der Waals surface area contributed by atoms with Gasteiger partial charge >= 0.3 is 5.97 Å². The molecule has 0 amide bonds. The number of hydrogen-bond acceptors (Lipinski definition) is 3. The van der Waals surface area contributed by atoms with E-state index in [1.165, 1.54) is 49.8 Å². The Labute approximate surface area is 200 Å². The number of allylic oxidation sites excluding steroid dienone is 2. The van der Waals surface area contributed by atoms with Crippen LogP contribution in [0.5, 0.6) is 11.5 Å². The molecule has 4 unspecified atom stereocenters. The fourth-order valence-electron chi connectivity index (χ4n) is 5.43. The maximum atomic E-state index is 14.4. The van der Waals surface area contributed by atoms with Gasteiger partial charge in [0.05, 0.1) is 5.56 Å². The first-order valence-corrected chi connectivity index (χ1v) is 12.2. The SMILES string of the molecule is C=CC1CCC2CC(c3ccc(C(=O)Oc4ccc(OC/C=C/C)c(F)c4F)cc3)CCC2C1. The fourth-order valence-corrected chi connectivity index (χ4v) is 5.43. The van der Waals surface area contributed by atoms with Crippen molar-refractivity contribution in [1.29, 1.82) is 0 Å². The van der Waals surface area contributed by atoms with E-state index >= 15 is 0 Å². The van der Waals surface area contributed by atoms with Gasteiger partial charge in [0.15, 0.2) is 11.5 Å². The Kier molecular flexibility index (Phi) is 7.81. The Hall–Kier alpha value is -2.95. The van der Waals surface area contributed by atoms with E-state index in [0.29, 0.717) is 17.4 Å². The molecule has 2 aromatic rings. The largest absolute Gasteiger partial charge is 0.486 e. The monoisotopic (exact) mass is 466 g/mol. The highest BCUT2D eigenvalue weighted by Crippen LogP contribution is 2.47. The van der Waals surface area contributed by atoms with E-state index in [0.717, 1.165) is 18.3 Å². The standard InChI is InChI=1S/C29H32F2O3/c1-3-5-16-33-25-14-15-26(28(31)27(25)30)34-29(32)21-10-8-20(9-11-21)23-13-12-22-17-19(4-2)6-7-24(22)18-23/h3-5,8-11,14-15,19,22-24H,2,6-7,12-13,16-18H2,1H3/b5-3+. The molecule has 0 spiro atoms. The predicted molar refractivity (Wildman–Crippen MR) is 129 cm³/mol. The first kappa shape index (κ1) is 24.2. The molecule has 0 aromatic heterocycles. The summed E-state index contributed by atoms with van der Waals surface area (Å²) in [5.41, 5.74) is 1.53. The lowest BCUT2D eigenvalue weighted by Crippen LogP contribution is -2.29. The van der Waals surface area contributed by atoms with Crippen LogP contribution in [-0.2, 0) is 0 Å². The molecule has 0 saturated heterocycles. The number of carbonyl (C=O) groups excluding carboxylic acids is 1. The predicted octanol–water partition coefficient (Wildman–Crippen LogP) is 7.62. The highest BCUT2D eigenvalue weighted by atomic mass is 19.2. The van der Waals surface area contributed by atoms with Gasteiger partial charge in [-0.05, 0) is 98.9 Å². The fraction of sp³-hybridized carbons (Fsp3) is 0.414. The van der Waals surface area contributed by atoms with Crippen LogP contribution in [0.25, 0.3) is 0 Å². The lowest BCUT2D eigenvalue weighted by molar-refractivity contribution is 0.0726. The maximum Gasteiger partial charge on any atom is 0.343 e. The summed E-state index contributed by atoms with van der Waals surface area (Å²) >= 11 is 0. The molecular formula is C29H32F2O3. The number of esters is 1. The first-order valence-electron chi connectivity index (χ1n) is 12.2. The van der Waals surface area contributed by atoms with Gasteiger partial charge in [-0.1, -0.05) is 30.4 Å². The molecule has 2 aromatic carbocycles. The van der Waals surface area contributed by atoms with Crippen LogP contribution in [0.4, 0.5) is 8.78 Å². The molecule has 2 fully saturated rings. The molecule has 180 valence electrons. The van der Waals surface area contributed by atoms with Gasteiger partial charge in [0, 0.05) is 0 Å². The Morgan fingerprint density at radius 2 is 1.65 bits per heavy atom. The minimum absolute atomic E-state index is 0.121. The molecule has 2 aliphatic rings. The van der Waals surface area contributed by atoms with Crippen molar-refractivity contribution in [3.05, 3.63) is 84.0 Å². The number of carbonyl (C=O) groups is 1. The smallest absolute Gasteiger partial charge is 0.343 e. The molecular weight excluding hydrogens is 434 g/mol. The Balaban J connectivity index is 1.37. The molecule has 5 heteroatoms. The van der Waals surface area contributed by atoms with E-state index < -0.39 is 23.4 Å².